The zero-order chi connectivity index (χ0) is 11.6. The summed E-state index contributed by atoms with van der Waals surface area (Å²) in [7, 11) is 1.73. The van der Waals surface area contributed by atoms with E-state index < -0.39 is 5.54 Å². The number of nitrogens with zero attached hydrogens (tertiary/aromatic N) is 1. The third kappa shape index (κ3) is 10.1. The number of hydrogen-bond acceptors (Lipinski definition) is 4. The van der Waals surface area contributed by atoms with E-state index in [0.29, 0.717) is 0 Å². The fourth-order valence-electron chi connectivity index (χ4n) is 1.16. The molecule has 2 N–H and O–H groups in total. The van der Waals surface area contributed by atoms with Gasteiger partial charge in [-0.05, 0) is 44.1 Å². The standard InChI is InChI=1S/C11H22N2OS/c1-11(13,10-12)6-3-4-8-15-9-5-7-14-2/h3-9,13H2,1-2H3. The molecule has 0 aromatic rings. The summed E-state index contributed by atoms with van der Waals surface area (Å²) < 4.78 is 4.96. The second-order valence-corrected chi connectivity index (χ2v) is 5.17. The summed E-state index contributed by atoms with van der Waals surface area (Å²) in [5.41, 5.74) is 5.07. The minimum absolute atomic E-state index is 0.638. The molecule has 0 rings (SSSR count). The van der Waals surface area contributed by atoms with Gasteiger partial charge < -0.3 is 10.5 Å². The minimum atomic E-state index is -0.638. The first kappa shape index (κ1) is 14.8. The molecule has 3 nitrogen and oxygen atoms in total. The predicted molar refractivity (Wildman–Crippen MR) is 65.9 cm³/mol. The molecule has 0 heterocycles. The maximum atomic E-state index is 8.70. The van der Waals surface area contributed by atoms with Crippen LogP contribution >= 0.6 is 11.8 Å². The van der Waals surface area contributed by atoms with Crippen LogP contribution in [0, 0.1) is 11.3 Å². The number of hydrogen-bond donors (Lipinski definition) is 1. The average Bonchev–Trinajstić information content (AvgIpc) is 2.22. The van der Waals surface area contributed by atoms with Crippen molar-refractivity contribution in [2.45, 2.75) is 38.1 Å². The Hall–Kier alpha value is -0.240. The maximum Gasteiger partial charge on any atom is 0.101 e. The Balaban J connectivity index is 3.16. The molecule has 0 aromatic heterocycles. The van der Waals surface area contributed by atoms with Crippen LogP contribution in [-0.4, -0.2) is 30.8 Å². The number of methoxy groups -OCH3 is 1. The van der Waals surface area contributed by atoms with Crippen LogP contribution in [0.5, 0.6) is 0 Å². The highest BCUT2D eigenvalue weighted by molar-refractivity contribution is 7.99. The Bertz CT molecular complexity index is 190. The quantitative estimate of drug-likeness (QED) is 0.617. The number of ether oxygens (including phenoxy) is 1. The first-order valence-electron chi connectivity index (χ1n) is 5.39. The SMILES string of the molecule is COCCCSCCCCC(C)(N)C#N. The highest BCUT2D eigenvalue weighted by Crippen LogP contribution is 2.12. The molecule has 0 radical (unpaired) electrons. The van der Waals surface area contributed by atoms with Crippen molar-refractivity contribution in [3.8, 4) is 6.07 Å². The summed E-state index contributed by atoms with van der Waals surface area (Å²) in [5.74, 6) is 2.32. The minimum Gasteiger partial charge on any atom is -0.385 e. The van der Waals surface area contributed by atoms with Crippen LogP contribution in [0.3, 0.4) is 0 Å². The average molecular weight is 230 g/mol. The van der Waals surface area contributed by atoms with Crippen LogP contribution in [0.4, 0.5) is 0 Å². The van der Waals surface area contributed by atoms with Crippen molar-refractivity contribution in [2.24, 2.45) is 5.73 Å². The number of thioether (sulfide) groups is 1. The van der Waals surface area contributed by atoms with E-state index in [2.05, 4.69) is 6.07 Å². The van der Waals surface area contributed by atoms with Gasteiger partial charge in [-0.3, -0.25) is 0 Å². The monoisotopic (exact) mass is 230 g/mol. The summed E-state index contributed by atoms with van der Waals surface area (Å²) in [6, 6.07) is 2.11. The number of nitrogens with two attached hydrogens (primary N) is 1. The molecule has 1 atom stereocenters. The second-order valence-electron chi connectivity index (χ2n) is 3.95. The fourth-order valence-corrected chi connectivity index (χ4v) is 2.09. The maximum absolute atomic E-state index is 8.70. The smallest absolute Gasteiger partial charge is 0.101 e. The molecule has 0 amide bonds. The molecule has 0 aliphatic carbocycles. The van der Waals surface area contributed by atoms with Crippen LogP contribution < -0.4 is 5.73 Å². The first-order chi connectivity index (χ1) is 7.12. The van der Waals surface area contributed by atoms with Gasteiger partial charge in [0.1, 0.15) is 5.54 Å². The highest BCUT2D eigenvalue weighted by Gasteiger charge is 2.15. The van der Waals surface area contributed by atoms with Crippen molar-refractivity contribution >= 4 is 11.8 Å². The zero-order valence-electron chi connectivity index (χ0n) is 9.79. The molecule has 0 saturated carbocycles. The summed E-state index contributed by atoms with van der Waals surface area (Å²) in [4.78, 5) is 0. The third-order valence-corrected chi connectivity index (χ3v) is 3.28. The van der Waals surface area contributed by atoms with Crippen molar-refractivity contribution in [3.05, 3.63) is 0 Å². The largest absolute Gasteiger partial charge is 0.385 e. The van der Waals surface area contributed by atoms with E-state index >= 15 is 0 Å². The molecule has 1 unspecified atom stereocenters. The van der Waals surface area contributed by atoms with Gasteiger partial charge >= 0.3 is 0 Å². The van der Waals surface area contributed by atoms with Gasteiger partial charge in [0, 0.05) is 13.7 Å². The Morgan fingerprint density at radius 3 is 2.60 bits per heavy atom. The summed E-state index contributed by atoms with van der Waals surface area (Å²) >= 11 is 1.95. The van der Waals surface area contributed by atoms with Crippen LogP contribution in [0.25, 0.3) is 0 Å². The van der Waals surface area contributed by atoms with E-state index in [0.717, 1.165) is 43.8 Å². The first-order valence-corrected chi connectivity index (χ1v) is 6.54. The van der Waals surface area contributed by atoms with Gasteiger partial charge in [0.25, 0.3) is 0 Å². The molecular formula is C11H22N2OS. The van der Waals surface area contributed by atoms with Gasteiger partial charge in [-0.1, -0.05) is 0 Å². The van der Waals surface area contributed by atoms with Crippen LogP contribution in [0.1, 0.15) is 32.6 Å². The van der Waals surface area contributed by atoms with Crippen molar-refractivity contribution < 1.29 is 4.74 Å². The van der Waals surface area contributed by atoms with E-state index in [9.17, 15) is 0 Å². The van der Waals surface area contributed by atoms with Gasteiger partial charge in [0.05, 0.1) is 6.07 Å². The van der Waals surface area contributed by atoms with Gasteiger partial charge in [-0.2, -0.15) is 17.0 Å². The lowest BCUT2D eigenvalue weighted by Crippen LogP contribution is -2.33. The number of rotatable bonds is 9. The fraction of sp³-hybridized carbons (Fsp3) is 0.909. The van der Waals surface area contributed by atoms with Crippen molar-refractivity contribution in [3.63, 3.8) is 0 Å². The molecule has 0 aliphatic rings. The van der Waals surface area contributed by atoms with E-state index in [1.54, 1.807) is 14.0 Å². The molecule has 0 aliphatic heterocycles. The normalized spacial score (nSPS) is 14.5. The lowest BCUT2D eigenvalue weighted by molar-refractivity contribution is 0.200. The van der Waals surface area contributed by atoms with E-state index in [4.69, 9.17) is 15.7 Å². The van der Waals surface area contributed by atoms with E-state index in [1.165, 1.54) is 0 Å². The molecule has 88 valence electrons. The Morgan fingerprint density at radius 2 is 2.00 bits per heavy atom. The van der Waals surface area contributed by atoms with Gasteiger partial charge in [-0.25, -0.2) is 0 Å². The number of unbranched alkanes of at least 4 members (excludes halogenated alkanes) is 1. The van der Waals surface area contributed by atoms with Crippen molar-refractivity contribution in [2.75, 3.05) is 25.2 Å². The predicted octanol–water partition coefficient (Wildman–Crippen LogP) is 2.17. The highest BCUT2D eigenvalue weighted by atomic mass is 32.2. The van der Waals surface area contributed by atoms with Crippen LogP contribution in [-0.2, 0) is 4.74 Å². The third-order valence-electron chi connectivity index (χ3n) is 2.13. The Labute approximate surface area is 97.4 Å². The molecule has 0 bridgehead atoms. The summed E-state index contributed by atoms with van der Waals surface area (Å²) in [6.07, 6.45) is 4.10. The van der Waals surface area contributed by atoms with Crippen LogP contribution in [0.15, 0.2) is 0 Å². The molecule has 0 fully saturated rings. The van der Waals surface area contributed by atoms with E-state index in [1.807, 2.05) is 11.8 Å². The van der Waals surface area contributed by atoms with Gasteiger partial charge in [-0.15, -0.1) is 0 Å². The Kier molecular flexibility index (Phi) is 8.88. The van der Waals surface area contributed by atoms with Crippen molar-refractivity contribution in [1.29, 1.82) is 5.26 Å². The van der Waals surface area contributed by atoms with Gasteiger partial charge in [0.2, 0.25) is 0 Å². The number of nitriles is 1. The second kappa shape index (κ2) is 9.02. The molecule has 0 aromatic carbocycles. The van der Waals surface area contributed by atoms with Crippen LogP contribution in [0.2, 0.25) is 0 Å². The zero-order valence-corrected chi connectivity index (χ0v) is 10.6. The van der Waals surface area contributed by atoms with Crippen molar-refractivity contribution in [1.82, 2.24) is 0 Å². The Morgan fingerprint density at radius 1 is 1.33 bits per heavy atom. The topological polar surface area (TPSA) is 59.0 Å². The summed E-state index contributed by atoms with van der Waals surface area (Å²) in [6.45, 7) is 2.64. The molecule has 4 heteroatoms. The molecular weight excluding hydrogens is 208 g/mol. The lowest BCUT2D eigenvalue weighted by Gasteiger charge is -2.14. The molecule has 0 saturated heterocycles. The molecule has 15 heavy (non-hydrogen) atoms. The van der Waals surface area contributed by atoms with Gasteiger partial charge in [0.15, 0.2) is 0 Å². The lowest BCUT2D eigenvalue weighted by atomic mass is 9.99. The summed E-state index contributed by atoms with van der Waals surface area (Å²) in [5, 5.41) is 8.70. The van der Waals surface area contributed by atoms with E-state index in [-0.39, 0.29) is 0 Å². The molecule has 0 spiro atoms.